The Hall–Kier alpha value is 0.140. The highest BCUT2D eigenvalue weighted by Crippen LogP contribution is 2.36. The molecule has 0 saturated heterocycles. The third kappa shape index (κ3) is 5.02. The third-order valence-electron chi connectivity index (χ3n) is 3.17. The first-order chi connectivity index (χ1) is 8.23. The van der Waals surface area contributed by atoms with Gasteiger partial charge in [-0.2, -0.15) is 0 Å². The number of rotatable bonds is 5. The van der Waals surface area contributed by atoms with E-state index in [9.17, 15) is 0 Å². The molecular weight excluding hydrogens is 306 g/mol. The Morgan fingerprint density at radius 3 is 2.39 bits per heavy atom. The molecule has 1 aromatic heterocycles. The van der Waals surface area contributed by atoms with Crippen LogP contribution in [0.2, 0.25) is 0 Å². The summed E-state index contributed by atoms with van der Waals surface area (Å²) in [5, 5.41) is 3.47. The first kappa shape index (κ1) is 16.2. The number of halogens is 1. The van der Waals surface area contributed by atoms with E-state index in [1.165, 1.54) is 27.1 Å². The summed E-state index contributed by atoms with van der Waals surface area (Å²) >= 11 is 5.48. The second kappa shape index (κ2) is 6.53. The molecule has 3 heteroatoms. The zero-order valence-electron chi connectivity index (χ0n) is 12.4. The Bertz CT molecular complexity index is 359. The van der Waals surface area contributed by atoms with Gasteiger partial charge in [0.2, 0.25) is 0 Å². The van der Waals surface area contributed by atoms with E-state index >= 15 is 0 Å². The fourth-order valence-corrected chi connectivity index (χ4v) is 4.26. The Kier molecular flexibility index (Phi) is 5.88. The van der Waals surface area contributed by atoms with Gasteiger partial charge in [0.15, 0.2) is 0 Å². The Labute approximate surface area is 125 Å². The van der Waals surface area contributed by atoms with Gasteiger partial charge in [0.25, 0.3) is 0 Å². The van der Waals surface area contributed by atoms with Crippen LogP contribution in [-0.2, 0) is 0 Å². The van der Waals surface area contributed by atoms with Crippen molar-refractivity contribution in [1.82, 2.24) is 5.32 Å². The Morgan fingerprint density at radius 2 is 2.00 bits per heavy atom. The number of nitrogens with one attached hydrogen (secondary N) is 1. The first-order valence-corrected chi connectivity index (χ1v) is 8.27. The number of hydrogen-bond donors (Lipinski definition) is 1. The minimum atomic E-state index is 0.420. The van der Waals surface area contributed by atoms with Gasteiger partial charge in [-0.3, -0.25) is 0 Å². The molecule has 2 unspecified atom stereocenters. The summed E-state index contributed by atoms with van der Waals surface area (Å²) in [6.07, 6.45) is 2.48. The summed E-state index contributed by atoms with van der Waals surface area (Å²) in [7, 11) is 2.07. The zero-order chi connectivity index (χ0) is 13.9. The van der Waals surface area contributed by atoms with Crippen LogP contribution >= 0.6 is 27.3 Å². The van der Waals surface area contributed by atoms with Crippen molar-refractivity contribution in [1.29, 1.82) is 0 Å². The lowest BCUT2D eigenvalue weighted by Crippen LogP contribution is -2.20. The van der Waals surface area contributed by atoms with Crippen LogP contribution in [-0.4, -0.2) is 7.05 Å². The van der Waals surface area contributed by atoms with E-state index in [-0.39, 0.29) is 0 Å². The van der Waals surface area contributed by atoms with E-state index in [0.717, 1.165) is 5.92 Å². The molecular formula is C15H26BrNS. The number of hydrogen-bond acceptors (Lipinski definition) is 2. The summed E-state index contributed by atoms with van der Waals surface area (Å²) in [5.41, 5.74) is 1.77. The van der Waals surface area contributed by atoms with E-state index < -0.39 is 0 Å². The minimum Gasteiger partial charge on any atom is -0.312 e. The van der Waals surface area contributed by atoms with Crippen LogP contribution in [0.3, 0.4) is 0 Å². The van der Waals surface area contributed by atoms with Gasteiger partial charge in [-0.05, 0) is 65.7 Å². The Morgan fingerprint density at radius 1 is 1.39 bits per heavy atom. The van der Waals surface area contributed by atoms with Gasteiger partial charge in [0.05, 0.1) is 3.79 Å². The van der Waals surface area contributed by atoms with Crippen LogP contribution in [0.5, 0.6) is 0 Å². The van der Waals surface area contributed by atoms with Crippen molar-refractivity contribution in [2.24, 2.45) is 11.3 Å². The van der Waals surface area contributed by atoms with Gasteiger partial charge < -0.3 is 5.32 Å². The molecule has 0 radical (unpaired) electrons. The Balaban J connectivity index is 2.67. The van der Waals surface area contributed by atoms with Gasteiger partial charge >= 0.3 is 0 Å². The quantitative estimate of drug-likeness (QED) is 0.746. The van der Waals surface area contributed by atoms with Gasteiger partial charge in [-0.1, -0.05) is 27.7 Å². The third-order valence-corrected chi connectivity index (χ3v) is 5.42. The summed E-state index contributed by atoms with van der Waals surface area (Å²) in [4.78, 5) is 1.45. The molecule has 0 bridgehead atoms. The maximum Gasteiger partial charge on any atom is 0.0731 e. The summed E-state index contributed by atoms with van der Waals surface area (Å²) in [6.45, 7) is 11.5. The molecule has 1 heterocycles. The minimum absolute atomic E-state index is 0.420. The summed E-state index contributed by atoms with van der Waals surface area (Å²) in [5.74, 6) is 0.739. The SMILES string of the molecule is CNC(CC(C)CC(C)(C)C)c1cc(C)c(Br)s1. The highest BCUT2D eigenvalue weighted by atomic mass is 79.9. The van der Waals surface area contributed by atoms with Crippen LogP contribution < -0.4 is 5.32 Å². The van der Waals surface area contributed by atoms with Crippen molar-refractivity contribution in [3.8, 4) is 0 Å². The lowest BCUT2D eigenvalue weighted by atomic mass is 9.83. The molecule has 1 N–H and O–H groups in total. The van der Waals surface area contributed by atoms with Gasteiger partial charge in [-0.15, -0.1) is 11.3 Å². The highest BCUT2D eigenvalue weighted by Gasteiger charge is 2.20. The molecule has 2 atom stereocenters. The van der Waals surface area contributed by atoms with E-state index in [0.29, 0.717) is 11.5 Å². The van der Waals surface area contributed by atoms with Crippen LogP contribution in [0.4, 0.5) is 0 Å². The van der Waals surface area contributed by atoms with Gasteiger partial charge in [0, 0.05) is 10.9 Å². The smallest absolute Gasteiger partial charge is 0.0731 e. The largest absolute Gasteiger partial charge is 0.312 e. The molecule has 0 aliphatic heterocycles. The van der Waals surface area contributed by atoms with Crippen molar-refractivity contribution in [2.75, 3.05) is 7.05 Å². The molecule has 0 saturated carbocycles. The predicted molar refractivity (Wildman–Crippen MR) is 86.4 cm³/mol. The molecule has 0 aromatic carbocycles. The summed E-state index contributed by atoms with van der Waals surface area (Å²) < 4.78 is 1.27. The second-order valence-corrected chi connectivity index (χ2v) is 8.95. The topological polar surface area (TPSA) is 12.0 Å². The van der Waals surface area contributed by atoms with Gasteiger partial charge in [0.1, 0.15) is 0 Å². The molecule has 104 valence electrons. The summed E-state index contributed by atoms with van der Waals surface area (Å²) in [6, 6.07) is 2.79. The van der Waals surface area contributed by atoms with E-state index in [2.05, 4.69) is 69.0 Å². The average molecular weight is 332 g/mol. The molecule has 0 aliphatic carbocycles. The molecule has 1 nitrogen and oxygen atoms in total. The standard InChI is InChI=1S/C15H26BrNS/c1-10(9-15(3,4)5)7-12(17-6)13-8-11(2)14(16)18-13/h8,10,12,17H,7,9H2,1-6H3. The molecule has 1 aromatic rings. The molecule has 0 aliphatic rings. The predicted octanol–water partition coefficient (Wildman–Crippen LogP) is 5.54. The molecule has 0 fully saturated rings. The lowest BCUT2D eigenvalue weighted by Gasteiger charge is -2.26. The second-order valence-electron chi connectivity index (χ2n) is 6.55. The first-order valence-electron chi connectivity index (χ1n) is 6.66. The highest BCUT2D eigenvalue weighted by molar-refractivity contribution is 9.11. The van der Waals surface area contributed by atoms with Crippen molar-refractivity contribution < 1.29 is 0 Å². The lowest BCUT2D eigenvalue weighted by molar-refractivity contribution is 0.280. The van der Waals surface area contributed by atoms with Crippen LogP contribution in [0, 0.1) is 18.3 Å². The van der Waals surface area contributed by atoms with Gasteiger partial charge in [-0.25, -0.2) is 0 Å². The normalized spacial score (nSPS) is 15.7. The van der Waals surface area contributed by atoms with Crippen molar-refractivity contribution in [3.63, 3.8) is 0 Å². The van der Waals surface area contributed by atoms with E-state index in [1.807, 2.05) is 11.3 Å². The molecule has 0 amide bonds. The monoisotopic (exact) mass is 331 g/mol. The van der Waals surface area contributed by atoms with E-state index in [1.54, 1.807) is 0 Å². The maximum atomic E-state index is 3.62. The van der Waals surface area contributed by atoms with Crippen LogP contribution in [0.15, 0.2) is 9.85 Å². The fourth-order valence-electron chi connectivity index (χ4n) is 2.56. The van der Waals surface area contributed by atoms with E-state index in [4.69, 9.17) is 0 Å². The molecule has 18 heavy (non-hydrogen) atoms. The van der Waals surface area contributed by atoms with Crippen LogP contribution in [0.1, 0.15) is 57.0 Å². The molecule has 0 spiro atoms. The average Bonchev–Trinajstić information content (AvgIpc) is 2.53. The van der Waals surface area contributed by atoms with Crippen LogP contribution in [0.25, 0.3) is 0 Å². The fraction of sp³-hybridized carbons (Fsp3) is 0.733. The molecule has 1 rings (SSSR count). The van der Waals surface area contributed by atoms with Crippen molar-refractivity contribution in [3.05, 3.63) is 20.3 Å². The van der Waals surface area contributed by atoms with Crippen molar-refractivity contribution >= 4 is 27.3 Å². The number of aryl methyl sites for hydroxylation is 1. The number of thiophene rings is 1. The maximum absolute atomic E-state index is 3.62. The zero-order valence-corrected chi connectivity index (χ0v) is 14.8. The van der Waals surface area contributed by atoms with Crippen molar-refractivity contribution in [2.45, 2.75) is 53.5 Å².